The zero-order valence-electron chi connectivity index (χ0n) is 15.2. The van der Waals surface area contributed by atoms with E-state index in [0.717, 1.165) is 18.4 Å². The smallest absolute Gasteiger partial charge is 0.257 e. The van der Waals surface area contributed by atoms with E-state index in [1.807, 2.05) is 30.3 Å². The van der Waals surface area contributed by atoms with E-state index < -0.39 is 0 Å². The number of benzene rings is 2. The average Bonchev–Trinajstić information content (AvgIpc) is 2.68. The summed E-state index contributed by atoms with van der Waals surface area (Å²) in [5.74, 6) is 0.0881. The van der Waals surface area contributed by atoms with Crippen molar-refractivity contribution in [3.63, 3.8) is 0 Å². The van der Waals surface area contributed by atoms with Crippen LogP contribution in [0.2, 0.25) is 0 Å². The Labute approximate surface area is 164 Å². The molecule has 3 N–H and O–H groups in total. The average molecular weight is 385 g/mol. The van der Waals surface area contributed by atoms with Crippen molar-refractivity contribution in [2.75, 3.05) is 6.61 Å². The second-order valence-electron chi connectivity index (χ2n) is 5.85. The number of hydrazine groups is 1. The minimum absolute atomic E-state index is 0.0182. The molecule has 0 heterocycles. The maximum Gasteiger partial charge on any atom is 0.257 e. The van der Waals surface area contributed by atoms with Gasteiger partial charge in [0, 0.05) is 5.56 Å². The van der Waals surface area contributed by atoms with E-state index in [-0.39, 0.29) is 23.3 Å². The molecule has 7 heteroatoms. The van der Waals surface area contributed by atoms with Gasteiger partial charge in [0.15, 0.2) is 5.11 Å². The molecule has 0 aliphatic heterocycles. The normalized spacial score (nSPS) is 9.96. The largest absolute Gasteiger partial charge is 0.494 e. The van der Waals surface area contributed by atoms with Gasteiger partial charge in [-0.2, -0.15) is 0 Å². The third kappa shape index (κ3) is 7.45. The van der Waals surface area contributed by atoms with E-state index in [1.54, 1.807) is 24.3 Å². The van der Waals surface area contributed by atoms with Crippen LogP contribution in [-0.4, -0.2) is 23.5 Å². The highest BCUT2D eigenvalue weighted by Crippen LogP contribution is 2.12. The Bertz CT molecular complexity index is 764. The quantitative estimate of drug-likeness (QED) is 0.388. The molecule has 0 bridgehead atoms. The van der Waals surface area contributed by atoms with Crippen molar-refractivity contribution in [1.29, 1.82) is 0 Å². The second-order valence-corrected chi connectivity index (χ2v) is 6.25. The number of ether oxygens (including phenoxy) is 1. The molecule has 27 heavy (non-hydrogen) atoms. The van der Waals surface area contributed by atoms with Gasteiger partial charge in [-0.25, -0.2) is 0 Å². The van der Waals surface area contributed by atoms with Crippen molar-refractivity contribution in [2.45, 2.75) is 26.2 Å². The fraction of sp³-hybridized carbons (Fsp3) is 0.250. The summed E-state index contributed by atoms with van der Waals surface area (Å²) in [6.07, 6.45) is 2.26. The van der Waals surface area contributed by atoms with E-state index >= 15 is 0 Å². The highest BCUT2D eigenvalue weighted by atomic mass is 32.1. The van der Waals surface area contributed by atoms with E-state index in [9.17, 15) is 9.59 Å². The molecule has 0 aromatic heterocycles. The lowest BCUT2D eigenvalue weighted by Crippen LogP contribution is -2.48. The first kappa shape index (κ1) is 20.4. The molecule has 0 unspecified atom stereocenters. The topological polar surface area (TPSA) is 79.5 Å². The molecule has 0 aliphatic carbocycles. The predicted octanol–water partition coefficient (Wildman–Crippen LogP) is 2.74. The molecular weight excluding hydrogens is 362 g/mol. The van der Waals surface area contributed by atoms with Crippen LogP contribution < -0.4 is 20.9 Å². The molecule has 142 valence electrons. The number of unbranched alkanes of at least 4 members (excludes halogenated alkanes) is 1. The zero-order chi connectivity index (χ0) is 19.5. The van der Waals surface area contributed by atoms with Gasteiger partial charge in [0.05, 0.1) is 13.0 Å². The minimum atomic E-state index is -0.370. The lowest BCUT2D eigenvalue weighted by Gasteiger charge is -2.11. The van der Waals surface area contributed by atoms with Crippen LogP contribution in [-0.2, 0) is 11.2 Å². The van der Waals surface area contributed by atoms with Crippen LogP contribution >= 0.6 is 12.2 Å². The molecule has 2 aromatic carbocycles. The molecule has 6 nitrogen and oxygen atoms in total. The van der Waals surface area contributed by atoms with Gasteiger partial charge in [0.2, 0.25) is 5.91 Å². The van der Waals surface area contributed by atoms with Crippen LogP contribution in [0.1, 0.15) is 35.7 Å². The molecule has 2 aromatic rings. The summed E-state index contributed by atoms with van der Waals surface area (Å²) in [6, 6.07) is 16.1. The molecule has 0 saturated carbocycles. The molecule has 0 fully saturated rings. The summed E-state index contributed by atoms with van der Waals surface area (Å²) in [5, 5.41) is 2.53. The molecule has 0 radical (unpaired) electrons. The number of amides is 2. The second kappa shape index (κ2) is 10.9. The van der Waals surface area contributed by atoms with Crippen molar-refractivity contribution in [3.8, 4) is 5.75 Å². The number of rotatable bonds is 7. The van der Waals surface area contributed by atoms with E-state index in [1.165, 1.54) is 0 Å². The Hall–Kier alpha value is -2.93. The van der Waals surface area contributed by atoms with Gasteiger partial charge in [-0.15, -0.1) is 0 Å². The monoisotopic (exact) mass is 385 g/mol. The van der Waals surface area contributed by atoms with Gasteiger partial charge in [-0.05, 0) is 48.5 Å². The third-order valence-electron chi connectivity index (χ3n) is 3.63. The van der Waals surface area contributed by atoms with Gasteiger partial charge in [-0.3, -0.25) is 25.8 Å². The number of thiocarbonyl (C=S) groups is 1. The third-order valence-corrected chi connectivity index (χ3v) is 3.84. The summed E-state index contributed by atoms with van der Waals surface area (Å²) in [4.78, 5) is 24.0. The van der Waals surface area contributed by atoms with Crippen molar-refractivity contribution < 1.29 is 14.3 Å². The van der Waals surface area contributed by atoms with Crippen molar-refractivity contribution >= 4 is 29.1 Å². The zero-order valence-corrected chi connectivity index (χ0v) is 16.0. The van der Waals surface area contributed by atoms with Gasteiger partial charge >= 0.3 is 0 Å². The lowest BCUT2D eigenvalue weighted by molar-refractivity contribution is -0.121. The van der Waals surface area contributed by atoms with Crippen LogP contribution in [0.3, 0.4) is 0 Å². The first-order valence-electron chi connectivity index (χ1n) is 8.75. The Kier molecular flexibility index (Phi) is 8.25. The van der Waals surface area contributed by atoms with Gasteiger partial charge < -0.3 is 4.74 Å². The van der Waals surface area contributed by atoms with Crippen LogP contribution in [0.5, 0.6) is 5.75 Å². The summed E-state index contributed by atoms with van der Waals surface area (Å²) < 4.78 is 5.56. The maximum atomic E-state index is 12.2. The molecule has 0 spiro atoms. The highest BCUT2D eigenvalue weighted by molar-refractivity contribution is 7.80. The first-order chi connectivity index (χ1) is 13.1. The summed E-state index contributed by atoms with van der Waals surface area (Å²) in [6.45, 7) is 2.75. The van der Waals surface area contributed by atoms with Crippen LogP contribution in [0.25, 0.3) is 0 Å². The Balaban J connectivity index is 1.74. The van der Waals surface area contributed by atoms with Crippen molar-refractivity contribution in [3.05, 3.63) is 65.7 Å². The van der Waals surface area contributed by atoms with Gasteiger partial charge in [-0.1, -0.05) is 43.7 Å². The number of hydrogen-bond acceptors (Lipinski definition) is 4. The number of nitrogens with one attached hydrogen (secondary N) is 3. The molecular formula is C20H23N3O3S. The van der Waals surface area contributed by atoms with Crippen LogP contribution in [0.4, 0.5) is 0 Å². The summed E-state index contributed by atoms with van der Waals surface area (Å²) in [5.41, 5.74) is 6.31. The fourth-order valence-corrected chi connectivity index (χ4v) is 2.34. The molecule has 0 aliphatic rings. The van der Waals surface area contributed by atoms with E-state index in [2.05, 4.69) is 23.1 Å². The fourth-order valence-electron chi connectivity index (χ4n) is 2.20. The highest BCUT2D eigenvalue weighted by Gasteiger charge is 2.09. The number of carbonyl (C=O) groups is 2. The van der Waals surface area contributed by atoms with Gasteiger partial charge in [0.25, 0.3) is 5.91 Å². The van der Waals surface area contributed by atoms with Crippen LogP contribution in [0, 0.1) is 0 Å². The first-order valence-corrected chi connectivity index (χ1v) is 9.16. The Morgan fingerprint density at radius 3 is 2.37 bits per heavy atom. The summed E-state index contributed by atoms with van der Waals surface area (Å²) >= 11 is 5.03. The standard InChI is InChI=1S/C20H23N3O3S/c1-2-3-13-26-17-11-9-16(10-12-17)19(25)21-20(27)23-22-18(24)14-15-7-5-4-6-8-15/h4-12H,2-3,13-14H2,1H3,(H,22,24)(H2,21,23,25,27). The Morgan fingerprint density at radius 1 is 1.00 bits per heavy atom. The lowest BCUT2D eigenvalue weighted by atomic mass is 10.1. The van der Waals surface area contributed by atoms with Crippen molar-refractivity contribution in [1.82, 2.24) is 16.2 Å². The van der Waals surface area contributed by atoms with Crippen LogP contribution in [0.15, 0.2) is 54.6 Å². The van der Waals surface area contributed by atoms with E-state index in [4.69, 9.17) is 17.0 Å². The number of carbonyl (C=O) groups excluding carboxylic acids is 2. The predicted molar refractivity (Wildman–Crippen MR) is 108 cm³/mol. The van der Waals surface area contributed by atoms with Crippen molar-refractivity contribution in [2.24, 2.45) is 0 Å². The number of hydrogen-bond donors (Lipinski definition) is 3. The minimum Gasteiger partial charge on any atom is -0.494 e. The molecule has 0 saturated heterocycles. The summed E-state index contributed by atoms with van der Waals surface area (Å²) in [7, 11) is 0. The molecule has 0 atom stereocenters. The Morgan fingerprint density at radius 2 is 1.70 bits per heavy atom. The van der Waals surface area contributed by atoms with E-state index in [0.29, 0.717) is 17.9 Å². The van der Waals surface area contributed by atoms with Gasteiger partial charge in [0.1, 0.15) is 5.75 Å². The SMILES string of the molecule is CCCCOc1ccc(C(=O)NC(=S)NNC(=O)Cc2ccccc2)cc1. The molecule has 2 amide bonds. The maximum absolute atomic E-state index is 12.2. The molecule has 2 rings (SSSR count).